The Bertz CT molecular complexity index is 1440. The molecule has 4 aromatic rings. The fourth-order valence-electron chi connectivity index (χ4n) is 3.64. The third kappa shape index (κ3) is 4.54. The van der Waals surface area contributed by atoms with Crippen molar-refractivity contribution in [3.8, 4) is 0 Å². The number of aromatic nitrogens is 2. The topological polar surface area (TPSA) is 50.8 Å². The molecule has 1 N–H and O–H groups in total. The van der Waals surface area contributed by atoms with Crippen LogP contribution in [0.3, 0.4) is 0 Å². The van der Waals surface area contributed by atoms with Gasteiger partial charge in [-0.2, -0.15) is 13.2 Å². The Morgan fingerprint density at radius 2 is 1.58 bits per heavy atom. The highest BCUT2D eigenvalue weighted by Gasteiger charge is 2.34. The van der Waals surface area contributed by atoms with Crippen LogP contribution in [-0.2, 0) is 19.3 Å². The van der Waals surface area contributed by atoms with Crippen molar-refractivity contribution in [2.24, 2.45) is 0 Å². The van der Waals surface area contributed by atoms with E-state index in [-0.39, 0.29) is 40.6 Å². The molecule has 0 radical (unpaired) electrons. The van der Waals surface area contributed by atoms with E-state index in [0.717, 1.165) is 12.1 Å². The van der Waals surface area contributed by atoms with E-state index in [1.807, 2.05) is 0 Å². The number of hydrogen-bond acceptors (Lipinski definition) is 2. The highest BCUT2D eigenvalue weighted by Crippen LogP contribution is 2.33. The minimum absolute atomic E-state index is 0.179. The number of carbonyl (C=O) groups is 1. The lowest BCUT2D eigenvalue weighted by Crippen LogP contribution is -2.28. The van der Waals surface area contributed by atoms with E-state index in [0.29, 0.717) is 22.1 Å². The molecule has 0 spiro atoms. The third-order valence-electron chi connectivity index (χ3n) is 5.22. The molecule has 170 valence electrons. The Labute approximate surface area is 195 Å². The van der Waals surface area contributed by atoms with Crippen LogP contribution in [0.1, 0.15) is 21.5 Å². The standard InChI is InChI=1S/C23H15Cl2F4N3O/c24-17-8-6-13(9-18(17)25)21(33)12-32-20-4-2-1-3-19(20)31(22(32)30)11-14-5-7-15(26)10-16(14)23(27,28)29/h1-10,30H,11-12H2. The predicted octanol–water partition coefficient (Wildman–Crippen LogP) is 6.32. The molecule has 0 unspecified atom stereocenters. The first-order valence-electron chi connectivity index (χ1n) is 9.63. The Morgan fingerprint density at radius 1 is 0.909 bits per heavy atom. The third-order valence-corrected chi connectivity index (χ3v) is 5.96. The summed E-state index contributed by atoms with van der Waals surface area (Å²) in [5.41, 5.74) is -0.249. The number of carbonyl (C=O) groups excluding carboxylic acids is 1. The van der Waals surface area contributed by atoms with Gasteiger partial charge in [-0.25, -0.2) is 4.39 Å². The number of halogens is 6. The van der Waals surface area contributed by atoms with E-state index < -0.39 is 17.6 Å². The molecule has 10 heteroatoms. The predicted molar refractivity (Wildman–Crippen MR) is 117 cm³/mol. The van der Waals surface area contributed by atoms with Crippen LogP contribution in [0.15, 0.2) is 60.7 Å². The van der Waals surface area contributed by atoms with Gasteiger partial charge in [0.15, 0.2) is 5.78 Å². The van der Waals surface area contributed by atoms with Crippen LogP contribution in [0.2, 0.25) is 10.0 Å². The smallest absolute Gasteiger partial charge is 0.306 e. The summed E-state index contributed by atoms with van der Waals surface area (Å²) in [4.78, 5) is 12.9. The Hall–Kier alpha value is -3.10. The van der Waals surface area contributed by atoms with Crippen LogP contribution in [0.4, 0.5) is 17.6 Å². The van der Waals surface area contributed by atoms with Gasteiger partial charge in [0, 0.05) is 5.56 Å². The number of ketones is 1. The number of benzene rings is 3. The second-order valence-electron chi connectivity index (χ2n) is 7.34. The number of fused-ring (bicyclic) bond motifs is 1. The van der Waals surface area contributed by atoms with Gasteiger partial charge in [0.05, 0.1) is 39.7 Å². The number of nitrogens with zero attached hydrogens (tertiary/aromatic N) is 2. The van der Waals surface area contributed by atoms with Gasteiger partial charge in [-0.3, -0.25) is 10.2 Å². The lowest BCUT2D eigenvalue weighted by Gasteiger charge is -2.14. The maximum atomic E-state index is 13.5. The summed E-state index contributed by atoms with van der Waals surface area (Å²) in [6.07, 6.45) is -4.76. The molecule has 3 aromatic carbocycles. The van der Waals surface area contributed by atoms with Gasteiger partial charge in [-0.05, 0) is 48.0 Å². The molecule has 0 aliphatic heterocycles. The van der Waals surface area contributed by atoms with Gasteiger partial charge in [-0.1, -0.05) is 41.4 Å². The molecule has 0 saturated heterocycles. The second-order valence-corrected chi connectivity index (χ2v) is 8.15. The van der Waals surface area contributed by atoms with Crippen LogP contribution < -0.4 is 5.62 Å². The molecule has 0 saturated carbocycles. The number of rotatable bonds is 5. The number of Topliss-reactive ketones (excluding diaryl/α,β-unsaturated/α-hetero) is 1. The monoisotopic (exact) mass is 495 g/mol. The van der Waals surface area contributed by atoms with Crippen LogP contribution in [0.5, 0.6) is 0 Å². The van der Waals surface area contributed by atoms with Gasteiger partial charge < -0.3 is 9.13 Å². The highest BCUT2D eigenvalue weighted by molar-refractivity contribution is 6.42. The maximum absolute atomic E-state index is 13.5. The zero-order chi connectivity index (χ0) is 23.9. The van der Waals surface area contributed by atoms with Crippen molar-refractivity contribution in [3.05, 3.63) is 98.8 Å². The van der Waals surface area contributed by atoms with E-state index in [1.54, 1.807) is 24.3 Å². The minimum Gasteiger partial charge on any atom is -0.306 e. The fraction of sp³-hybridized carbons (Fsp3) is 0.130. The van der Waals surface area contributed by atoms with E-state index >= 15 is 0 Å². The normalized spacial score (nSPS) is 11.8. The first-order valence-corrected chi connectivity index (χ1v) is 10.4. The molecule has 4 nitrogen and oxygen atoms in total. The quantitative estimate of drug-likeness (QED) is 0.255. The fourth-order valence-corrected chi connectivity index (χ4v) is 3.94. The molecule has 0 amide bonds. The zero-order valence-corrected chi connectivity index (χ0v) is 18.3. The summed E-state index contributed by atoms with van der Waals surface area (Å²) in [6.45, 7) is -0.567. The van der Waals surface area contributed by atoms with Crippen molar-refractivity contribution in [2.75, 3.05) is 0 Å². The van der Waals surface area contributed by atoms with Crippen molar-refractivity contribution >= 4 is 40.0 Å². The van der Waals surface area contributed by atoms with E-state index in [9.17, 15) is 22.4 Å². The summed E-state index contributed by atoms with van der Waals surface area (Å²) in [7, 11) is 0. The lowest BCUT2D eigenvalue weighted by molar-refractivity contribution is -0.138. The van der Waals surface area contributed by atoms with E-state index in [2.05, 4.69) is 0 Å². The number of alkyl halides is 3. The van der Waals surface area contributed by atoms with Gasteiger partial charge in [0.1, 0.15) is 5.82 Å². The lowest BCUT2D eigenvalue weighted by atomic mass is 10.1. The molecule has 33 heavy (non-hydrogen) atoms. The van der Waals surface area contributed by atoms with Crippen LogP contribution in [-0.4, -0.2) is 14.9 Å². The molecule has 1 aromatic heterocycles. The molecule has 0 aliphatic carbocycles. The number of hydrogen-bond donors (Lipinski definition) is 1. The SMILES string of the molecule is N=c1n(CC(=O)c2ccc(Cl)c(Cl)c2)c2ccccc2n1Cc1ccc(F)cc1C(F)(F)F. The molecule has 0 atom stereocenters. The summed E-state index contributed by atoms with van der Waals surface area (Å²) >= 11 is 11.9. The van der Waals surface area contributed by atoms with Crippen molar-refractivity contribution in [3.63, 3.8) is 0 Å². The minimum atomic E-state index is -4.76. The Kier molecular flexibility index (Phi) is 6.07. The summed E-state index contributed by atoms with van der Waals surface area (Å²) < 4.78 is 56.7. The van der Waals surface area contributed by atoms with E-state index in [4.69, 9.17) is 28.6 Å². The summed E-state index contributed by atoms with van der Waals surface area (Å²) in [6, 6.07) is 13.5. The Balaban J connectivity index is 1.78. The van der Waals surface area contributed by atoms with Crippen LogP contribution >= 0.6 is 23.2 Å². The first-order chi connectivity index (χ1) is 15.6. The maximum Gasteiger partial charge on any atom is 0.416 e. The largest absolute Gasteiger partial charge is 0.416 e. The highest BCUT2D eigenvalue weighted by atomic mass is 35.5. The van der Waals surface area contributed by atoms with Gasteiger partial charge in [0.25, 0.3) is 0 Å². The molecule has 0 fully saturated rings. The average Bonchev–Trinajstić information content (AvgIpc) is 3.02. The second kappa shape index (κ2) is 8.68. The molecule has 0 aliphatic rings. The number of imidazole rings is 1. The van der Waals surface area contributed by atoms with E-state index in [1.165, 1.54) is 27.3 Å². The van der Waals surface area contributed by atoms with Gasteiger partial charge in [0.2, 0.25) is 5.62 Å². The summed E-state index contributed by atoms with van der Waals surface area (Å²) in [5.74, 6) is -1.36. The molecule has 4 rings (SSSR count). The number of nitrogens with one attached hydrogen (secondary N) is 1. The molecular weight excluding hydrogens is 481 g/mol. The molecule has 1 heterocycles. The van der Waals surface area contributed by atoms with Crippen LogP contribution in [0, 0.1) is 11.2 Å². The summed E-state index contributed by atoms with van der Waals surface area (Å²) in [5, 5.41) is 9.09. The van der Waals surface area contributed by atoms with Crippen molar-refractivity contribution in [2.45, 2.75) is 19.3 Å². The molecule has 0 bridgehead atoms. The average molecular weight is 496 g/mol. The van der Waals surface area contributed by atoms with Crippen LogP contribution in [0.25, 0.3) is 11.0 Å². The first kappa shape index (κ1) is 23.1. The van der Waals surface area contributed by atoms with Gasteiger partial charge in [-0.15, -0.1) is 0 Å². The number of para-hydroxylation sites is 2. The Morgan fingerprint density at radius 3 is 2.21 bits per heavy atom. The van der Waals surface area contributed by atoms with Crippen molar-refractivity contribution < 1.29 is 22.4 Å². The zero-order valence-electron chi connectivity index (χ0n) is 16.8. The van der Waals surface area contributed by atoms with Gasteiger partial charge >= 0.3 is 6.18 Å². The molecular formula is C23H15Cl2F4N3O. The van der Waals surface area contributed by atoms with Crippen molar-refractivity contribution in [1.82, 2.24) is 9.13 Å². The van der Waals surface area contributed by atoms with Crippen molar-refractivity contribution in [1.29, 1.82) is 5.41 Å².